The smallest absolute Gasteiger partial charge is 0.406 e. The first-order valence-electron chi connectivity index (χ1n) is 11.6. The highest BCUT2D eigenvalue weighted by Crippen LogP contribution is 2.35. The van der Waals surface area contributed by atoms with Crippen molar-refractivity contribution in [3.05, 3.63) is 42.0 Å². The molecule has 9 nitrogen and oxygen atoms in total. The second-order valence-corrected chi connectivity index (χ2v) is 9.11. The van der Waals surface area contributed by atoms with Gasteiger partial charge in [0, 0.05) is 31.6 Å². The van der Waals surface area contributed by atoms with E-state index in [1.807, 2.05) is 0 Å². The highest BCUT2D eigenvalue weighted by Gasteiger charge is 2.34. The molecule has 0 radical (unpaired) electrons. The number of aromatic nitrogens is 2. The molecule has 196 valence electrons. The van der Waals surface area contributed by atoms with Crippen LogP contribution in [0.5, 0.6) is 5.75 Å². The van der Waals surface area contributed by atoms with Gasteiger partial charge in [-0.3, -0.25) is 9.69 Å². The van der Waals surface area contributed by atoms with Gasteiger partial charge in [-0.2, -0.15) is 4.39 Å². The zero-order valence-electron chi connectivity index (χ0n) is 19.4. The number of β-amino-alcohol motifs (C(OH)–C–C–N with tert-alkyl or cyclic N) is 1. The molecule has 36 heavy (non-hydrogen) atoms. The average Bonchev–Trinajstić information content (AvgIpc) is 3.62. The van der Waals surface area contributed by atoms with Crippen molar-refractivity contribution in [1.29, 1.82) is 0 Å². The van der Waals surface area contributed by atoms with Crippen LogP contribution >= 0.6 is 0 Å². The number of nitrogens with two attached hydrogens (primary N) is 1. The maximum atomic E-state index is 15.4. The number of halogens is 4. The molecule has 2 fully saturated rings. The third-order valence-electron chi connectivity index (χ3n) is 6.23. The van der Waals surface area contributed by atoms with E-state index in [-0.39, 0.29) is 49.0 Å². The van der Waals surface area contributed by atoms with E-state index in [4.69, 9.17) is 5.73 Å². The lowest BCUT2D eigenvalue weighted by Gasteiger charge is -2.35. The molecule has 1 amide bonds. The van der Waals surface area contributed by atoms with E-state index in [9.17, 15) is 23.1 Å². The molecule has 1 saturated heterocycles. The van der Waals surface area contributed by atoms with Gasteiger partial charge >= 0.3 is 6.36 Å². The van der Waals surface area contributed by atoms with Crippen molar-refractivity contribution in [3.8, 4) is 5.75 Å². The van der Waals surface area contributed by atoms with Crippen molar-refractivity contribution >= 4 is 17.5 Å². The number of anilines is 2. The molecule has 4 N–H and O–H groups in total. The second-order valence-electron chi connectivity index (χ2n) is 9.11. The molecular weight excluding hydrogens is 484 g/mol. The molecule has 1 aliphatic heterocycles. The number of amides is 1. The number of nitrogens with zero attached hydrogens (tertiary/aromatic N) is 4. The standard InChI is InChI=1S/C23H28F4N6O3/c24-20-21(29-9-15-6-7-32(11-18(15)34)12-19(28)35)30-13-31-22(20)33(16-4-5-16)10-14-2-1-3-17(8-14)36-23(25,26)27/h1-3,8,13,15-16,18,34H,4-7,9-12H2,(H2,28,35)(H,29,30,31)/t15-,18+/m1/s1. The Hall–Kier alpha value is -3.19. The number of primary amides is 1. The summed E-state index contributed by atoms with van der Waals surface area (Å²) < 4.78 is 57.2. The van der Waals surface area contributed by atoms with Crippen molar-refractivity contribution in [2.24, 2.45) is 11.7 Å². The van der Waals surface area contributed by atoms with Gasteiger partial charge in [0.1, 0.15) is 12.1 Å². The lowest BCUT2D eigenvalue weighted by Crippen LogP contribution is -2.48. The molecule has 13 heteroatoms. The number of hydrogen-bond donors (Lipinski definition) is 3. The Bertz CT molecular complexity index is 1070. The van der Waals surface area contributed by atoms with Crippen molar-refractivity contribution in [2.75, 3.05) is 36.4 Å². The number of benzene rings is 1. The van der Waals surface area contributed by atoms with E-state index in [0.717, 1.165) is 12.8 Å². The number of aliphatic hydroxyl groups is 1. The molecule has 1 saturated carbocycles. The topological polar surface area (TPSA) is 117 Å². The van der Waals surface area contributed by atoms with Crippen LogP contribution in [0, 0.1) is 11.7 Å². The number of nitrogens with one attached hydrogen (secondary N) is 1. The summed E-state index contributed by atoms with van der Waals surface area (Å²) in [5.74, 6) is -1.63. The minimum absolute atomic E-state index is 0.00541. The molecule has 2 aromatic rings. The van der Waals surface area contributed by atoms with Gasteiger partial charge in [-0.25, -0.2) is 9.97 Å². The quantitative estimate of drug-likeness (QED) is 0.415. The van der Waals surface area contributed by atoms with Gasteiger partial charge in [0.05, 0.1) is 12.6 Å². The van der Waals surface area contributed by atoms with Crippen molar-refractivity contribution in [2.45, 2.75) is 44.3 Å². The summed E-state index contributed by atoms with van der Waals surface area (Å²) in [6.45, 7) is 1.35. The van der Waals surface area contributed by atoms with Crippen molar-refractivity contribution in [1.82, 2.24) is 14.9 Å². The Morgan fingerprint density at radius 1 is 1.28 bits per heavy atom. The summed E-state index contributed by atoms with van der Waals surface area (Å²) >= 11 is 0. The van der Waals surface area contributed by atoms with E-state index in [2.05, 4.69) is 20.0 Å². The monoisotopic (exact) mass is 512 g/mol. The molecule has 1 aromatic carbocycles. The largest absolute Gasteiger partial charge is 0.573 e. The summed E-state index contributed by atoms with van der Waals surface area (Å²) in [4.78, 5) is 22.7. The molecule has 0 spiro atoms. The first kappa shape index (κ1) is 25.9. The third-order valence-corrected chi connectivity index (χ3v) is 6.23. The highest BCUT2D eigenvalue weighted by atomic mass is 19.4. The predicted molar refractivity (Wildman–Crippen MR) is 123 cm³/mol. The Kier molecular flexibility index (Phi) is 7.79. The minimum atomic E-state index is -4.81. The maximum Gasteiger partial charge on any atom is 0.573 e. The van der Waals surface area contributed by atoms with Gasteiger partial charge < -0.3 is 25.8 Å². The Morgan fingerprint density at radius 2 is 2.06 bits per heavy atom. The van der Waals surface area contributed by atoms with Crippen LogP contribution in [-0.2, 0) is 11.3 Å². The van der Waals surface area contributed by atoms with Crippen LogP contribution < -0.4 is 20.7 Å². The fraction of sp³-hybridized carbons (Fsp3) is 0.522. The van der Waals surface area contributed by atoms with E-state index in [1.165, 1.54) is 24.5 Å². The number of likely N-dealkylation sites (tertiary alicyclic amines) is 1. The second kappa shape index (κ2) is 10.8. The van der Waals surface area contributed by atoms with Crippen LogP contribution in [0.25, 0.3) is 0 Å². The molecule has 0 unspecified atom stereocenters. The van der Waals surface area contributed by atoms with Crippen LogP contribution in [0.15, 0.2) is 30.6 Å². The van der Waals surface area contributed by atoms with Crippen LogP contribution in [0.2, 0.25) is 0 Å². The summed E-state index contributed by atoms with van der Waals surface area (Å²) in [6, 6.07) is 5.57. The summed E-state index contributed by atoms with van der Waals surface area (Å²) in [5, 5.41) is 13.4. The van der Waals surface area contributed by atoms with Crippen LogP contribution in [0.4, 0.5) is 29.2 Å². The van der Waals surface area contributed by atoms with Crippen LogP contribution in [-0.4, -0.2) is 70.6 Å². The number of ether oxygens (including phenoxy) is 1. The molecular formula is C23H28F4N6O3. The maximum absolute atomic E-state index is 15.4. The SMILES string of the molecule is NC(=O)CN1CC[C@H](CNc2ncnc(N(Cc3cccc(OC(F)(F)F)c3)C3CC3)c2F)[C@@H](O)C1. The first-order chi connectivity index (χ1) is 17.1. The van der Waals surface area contributed by atoms with E-state index >= 15 is 4.39 Å². The Labute approximate surface area is 205 Å². The van der Waals surface area contributed by atoms with Gasteiger partial charge in [-0.1, -0.05) is 12.1 Å². The van der Waals surface area contributed by atoms with Gasteiger partial charge in [0.2, 0.25) is 11.7 Å². The molecule has 2 aliphatic rings. The average molecular weight is 513 g/mol. The number of aliphatic hydroxyl groups excluding tert-OH is 1. The third kappa shape index (κ3) is 6.94. The molecule has 2 atom stereocenters. The zero-order valence-corrected chi connectivity index (χ0v) is 19.4. The Morgan fingerprint density at radius 3 is 2.72 bits per heavy atom. The number of carbonyl (C=O) groups excluding carboxylic acids is 1. The normalized spacial score (nSPS) is 20.7. The molecule has 2 heterocycles. The summed E-state index contributed by atoms with van der Waals surface area (Å²) in [7, 11) is 0. The summed E-state index contributed by atoms with van der Waals surface area (Å²) in [5.41, 5.74) is 5.73. The lowest BCUT2D eigenvalue weighted by atomic mass is 9.93. The number of piperidine rings is 1. The van der Waals surface area contributed by atoms with Gasteiger partial charge in [-0.05, 0) is 43.5 Å². The minimum Gasteiger partial charge on any atom is -0.406 e. The van der Waals surface area contributed by atoms with E-state index < -0.39 is 24.2 Å². The van der Waals surface area contributed by atoms with Crippen LogP contribution in [0.3, 0.4) is 0 Å². The molecule has 4 rings (SSSR count). The first-order valence-corrected chi connectivity index (χ1v) is 11.6. The van der Waals surface area contributed by atoms with E-state index in [1.54, 1.807) is 15.9 Å². The van der Waals surface area contributed by atoms with Gasteiger partial charge in [0.15, 0.2) is 11.6 Å². The fourth-order valence-corrected chi connectivity index (χ4v) is 4.36. The predicted octanol–water partition coefficient (Wildman–Crippen LogP) is 2.26. The van der Waals surface area contributed by atoms with Crippen molar-refractivity contribution in [3.63, 3.8) is 0 Å². The van der Waals surface area contributed by atoms with Gasteiger partial charge in [-0.15, -0.1) is 13.2 Å². The summed E-state index contributed by atoms with van der Waals surface area (Å²) in [6.07, 6.45) is -2.09. The number of carbonyl (C=O) groups is 1. The fourth-order valence-electron chi connectivity index (χ4n) is 4.36. The van der Waals surface area contributed by atoms with Gasteiger partial charge in [0.25, 0.3) is 0 Å². The number of alkyl halides is 3. The lowest BCUT2D eigenvalue weighted by molar-refractivity contribution is -0.274. The Balaban J connectivity index is 1.43. The van der Waals surface area contributed by atoms with E-state index in [0.29, 0.717) is 25.1 Å². The van der Waals surface area contributed by atoms with Crippen molar-refractivity contribution < 1.29 is 32.2 Å². The zero-order chi connectivity index (χ0) is 25.9. The molecule has 0 bridgehead atoms. The highest BCUT2D eigenvalue weighted by molar-refractivity contribution is 5.75. The molecule has 1 aromatic heterocycles. The number of hydrogen-bond acceptors (Lipinski definition) is 8. The van der Waals surface area contributed by atoms with Crippen LogP contribution in [0.1, 0.15) is 24.8 Å². The molecule has 1 aliphatic carbocycles. The number of rotatable bonds is 10.